The van der Waals surface area contributed by atoms with E-state index < -0.39 is 0 Å². The third-order valence-corrected chi connectivity index (χ3v) is 2.23. The van der Waals surface area contributed by atoms with Gasteiger partial charge in [0.1, 0.15) is 12.2 Å². The summed E-state index contributed by atoms with van der Waals surface area (Å²) in [6.45, 7) is 0.310. The highest BCUT2D eigenvalue weighted by atomic mass is 35.5. The maximum absolute atomic E-state index is 5.79. The Morgan fingerprint density at radius 2 is 2.42 bits per heavy atom. The van der Waals surface area contributed by atoms with Crippen LogP contribution in [-0.2, 0) is 4.74 Å². The quantitative estimate of drug-likeness (QED) is 0.480. The summed E-state index contributed by atoms with van der Waals surface area (Å²) in [4.78, 5) is 0. The molecule has 1 unspecified atom stereocenters. The highest BCUT2D eigenvalue weighted by Gasteiger charge is 2.26. The third kappa shape index (κ3) is 2.14. The van der Waals surface area contributed by atoms with Crippen molar-refractivity contribution in [2.24, 2.45) is 0 Å². The first-order valence-electron chi connectivity index (χ1n) is 3.81. The second-order valence-corrected chi connectivity index (χ2v) is 2.95. The van der Waals surface area contributed by atoms with Crippen molar-refractivity contribution in [1.82, 2.24) is 0 Å². The lowest BCUT2D eigenvalue weighted by atomic mass is 9.97. The summed E-state index contributed by atoms with van der Waals surface area (Å²) in [6, 6.07) is 0. The van der Waals surface area contributed by atoms with Gasteiger partial charge >= 0.3 is 0 Å². The lowest BCUT2D eigenvalue weighted by Gasteiger charge is -2.28. The van der Waals surface area contributed by atoms with Crippen LogP contribution >= 0.6 is 11.6 Å². The van der Waals surface area contributed by atoms with Gasteiger partial charge in [0.15, 0.2) is 0 Å². The van der Waals surface area contributed by atoms with Gasteiger partial charge in [-0.1, -0.05) is 30.2 Å². The molecule has 1 rings (SSSR count). The van der Waals surface area contributed by atoms with E-state index in [0.29, 0.717) is 12.5 Å². The number of allylic oxidation sites excluding steroid dienone is 2. The molecular formula is C10H11ClO. The van der Waals surface area contributed by atoms with E-state index in [2.05, 4.69) is 5.92 Å². The monoisotopic (exact) mass is 182 g/mol. The molecule has 0 radical (unpaired) electrons. The van der Waals surface area contributed by atoms with E-state index in [-0.39, 0.29) is 5.60 Å². The Bertz CT molecular complexity index is 237. The van der Waals surface area contributed by atoms with Crippen molar-refractivity contribution < 1.29 is 4.74 Å². The minimum Gasteiger partial charge on any atom is -0.357 e. The molecule has 1 aliphatic carbocycles. The summed E-state index contributed by atoms with van der Waals surface area (Å²) in [6.07, 6.45) is 13.8. The first-order valence-corrected chi connectivity index (χ1v) is 4.34. The molecule has 0 spiro atoms. The summed E-state index contributed by atoms with van der Waals surface area (Å²) in [5.74, 6) is 2.88. The fourth-order valence-corrected chi connectivity index (χ4v) is 1.35. The normalized spacial score (nSPS) is 27.0. The van der Waals surface area contributed by atoms with Crippen LogP contribution in [-0.4, -0.2) is 18.1 Å². The van der Waals surface area contributed by atoms with Crippen LogP contribution in [0.2, 0.25) is 0 Å². The zero-order chi connectivity index (χ0) is 8.86. The molecular weight excluding hydrogens is 172 g/mol. The Kier molecular flexibility index (Phi) is 3.40. The van der Waals surface area contributed by atoms with E-state index in [4.69, 9.17) is 22.8 Å². The molecule has 2 heteroatoms. The first kappa shape index (κ1) is 9.38. The van der Waals surface area contributed by atoms with Crippen molar-refractivity contribution in [2.45, 2.75) is 12.0 Å². The molecule has 0 bridgehead atoms. The summed E-state index contributed by atoms with van der Waals surface area (Å²) in [7, 11) is 0. The molecule has 0 heterocycles. The highest BCUT2D eigenvalue weighted by Crippen LogP contribution is 2.23. The lowest BCUT2D eigenvalue weighted by Crippen LogP contribution is -2.33. The van der Waals surface area contributed by atoms with Crippen LogP contribution < -0.4 is 0 Å². The first-order chi connectivity index (χ1) is 5.83. The van der Waals surface area contributed by atoms with Gasteiger partial charge in [-0.25, -0.2) is 0 Å². The van der Waals surface area contributed by atoms with E-state index in [9.17, 15) is 0 Å². The van der Waals surface area contributed by atoms with Crippen LogP contribution in [0.5, 0.6) is 0 Å². The fourth-order valence-electron chi connectivity index (χ4n) is 1.08. The molecule has 0 aromatic rings. The smallest absolute Gasteiger partial charge is 0.108 e. The summed E-state index contributed by atoms with van der Waals surface area (Å²) >= 11 is 5.79. The van der Waals surface area contributed by atoms with Crippen LogP contribution in [0.4, 0.5) is 0 Å². The van der Waals surface area contributed by atoms with Gasteiger partial charge in [0.25, 0.3) is 0 Å². The van der Waals surface area contributed by atoms with Gasteiger partial charge in [0, 0.05) is 0 Å². The molecule has 0 N–H and O–H groups in total. The second-order valence-electron chi connectivity index (χ2n) is 2.68. The standard InChI is InChI=1S/C10H11ClO/c1-2-8-12-10(9-11)6-4-3-5-7-10/h1,3-6H,7-9H2. The number of terminal acetylenes is 1. The van der Waals surface area contributed by atoms with Gasteiger partial charge in [-0.2, -0.15) is 0 Å². The van der Waals surface area contributed by atoms with Crippen molar-refractivity contribution >= 4 is 11.6 Å². The Hall–Kier alpha value is -0.710. The van der Waals surface area contributed by atoms with Gasteiger partial charge in [-0.05, 0) is 6.42 Å². The molecule has 0 aromatic heterocycles. The average molecular weight is 183 g/mol. The van der Waals surface area contributed by atoms with Gasteiger partial charge in [-0.3, -0.25) is 0 Å². The van der Waals surface area contributed by atoms with Crippen molar-refractivity contribution in [3.8, 4) is 12.3 Å². The largest absolute Gasteiger partial charge is 0.357 e. The molecule has 0 aromatic carbocycles. The van der Waals surface area contributed by atoms with Gasteiger partial charge in [-0.15, -0.1) is 18.0 Å². The number of hydrogen-bond acceptors (Lipinski definition) is 1. The molecule has 1 atom stereocenters. The number of alkyl halides is 1. The summed E-state index contributed by atoms with van der Waals surface area (Å²) in [5.41, 5.74) is -0.372. The van der Waals surface area contributed by atoms with Crippen molar-refractivity contribution in [3.05, 3.63) is 24.3 Å². The number of ether oxygens (including phenoxy) is 1. The lowest BCUT2D eigenvalue weighted by molar-refractivity contribution is 0.0314. The number of halogens is 1. The SMILES string of the molecule is C#CCOC1(CCl)C=CC=CC1. The van der Waals surface area contributed by atoms with Crippen molar-refractivity contribution in [1.29, 1.82) is 0 Å². The predicted molar refractivity (Wildman–Crippen MR) is 51.1 cm³/mol. The Labute approximate surface area is 78.1 Å². The van der Waals surface area contributed by atoms with Crippen LogP contribution in [0.15, 0.2) is 24.3 Å². The number of rotatable bonds is 3. The van der Waals surface area contributed by atoms with E-state index in [1.54, 1.807) is 0 Å². The van der Waals surface area contributed by atoms with E-state index in [1.165, 1.54) is 0 Å². The topological polar surface area (TPSA) is 9.23 Å². The molecule has 0 saturated heterocycles. The van der Waals surface area contributed by atoms with Crippen LogP contribution in [0.25, 0.3) is 0 Å². The maximum atomic E-state index is 5.79. The Balaban J connectivity index is 2.58. The van der Waals surface area contributed by atoms with Gasteiger partial charge < -0.3 is 4.74 Å². The molecule has 1 aliphatic rings. The predicted octanol–water partition coefficient (Wildman–Crippen LogP) is 2.13. The van der Waals surface area contributed by atoms with Crippen molar-refractivity contribution in [3.63, 3.8) is 0 Å². The molecule has 64 valence electrons. The Morgan fingerprint density at radius 1 is 1.58 bits per heavy atom. The molecule has 0 amide bonds. The highest BCUT2D eigenvalue weighted by molar-refractivity contribution is 6.18. The average Bonchev–Trinajstić information content (AvgIpc) is 2.16. The van der Waals surface area contributed by atoms with Crippen LogP contribution in [0, 0.1) is 12.3 Å². The second kappa shape index (κ2) is 4.35. The zero-order valence-electron chi connectivity index (χ0n) is 6.79. The molecule has 12 heavy (non-hydrogen) atoms. The maximum Gasteiger partial charge on any atom is 0.108 e. The summed E-state index contributed by atoms with van der Waals surface area (Å²) in [5, 5.41) is 0. The van der Waals surface area contributed by atoms with Crippen molar-refractivity contribution in [2.75, 3.05) is 12.5 Å². The molecule has 1 nitrogen and oxygen atoms in total. The minimum atomic E-state index is -0.372. The van der Waals surface area contributed by atoms with Gasteiger partial charge in [0.05, 0.1) is 5.88 Å². The fraction of sp³-hybridized carbons (Fsp3) is 0.400. The molecule has 0 saturated carbocycles. The van der Waals surface area contributed by atoms with Crippen LogP contribution in [0.3, 0.4) is 0 Å². The molecule has 0 aliphatic heterocycles. The molecule has 0 fully saturated rings. The van der Waals surface area contributed by atoms with E-state index >= 15 is 0 Å². The minimum absolute atomic E-state index is 0.310. The van der Waals surface area contributed by atoms with E-state index in [1.807, 2.05) is 24.3 Å². The van der Waals surface area contributed by atoms with Crippen LogP contribution in [0.1, 0.15) is 6.42 Å². The van der Waals surface area contributed by atoms with E-state index in [0.717, 1.165) is 6.42 Å². The Morgan fingerprint density at radius 3 is 2.92 bits per heavy atom. The third-order valence-electron chi connectivity index (χ3n) is 1.78. The van der Waals surface area contributed by atoms with Gasteiger partial charge in [0.2, 0.25) is 0 Å². The summed E-state index contributed by atoms with van der Waals surface area (Å²) < 4.78 is 5.46. The zero-order valence-corrected chi connectivity index (χ0v) is 7.55. The number of hydrogen-bond donors (Lipinski definition) is 0.